The fourth-order valence-electron chi connectivity index (χ4n) is 2.96. The molecular formula is C16H21F3N4O3. The number of nitro benzene ring substituents is 1. The van der Waals surface area contributed by atoms with Gasteiger partial charge in [-0.1, -0.05) is 12.1 Å². The van der Waals surface area contributed by atoms with E-state index in [0.29, 0.717) is 18.5 Å². The average Bonchev–Trinajstić information content (AvgIpc) is 2.58. The van der Waals surface area contributed by atoms with Gasteiger partial charge in [-0.05, 0) is 31.7 Å². The summed E-state index contributed by atoms with van der Waals surface area (Å²) in [6.45, 7) is 0.495. The maximum absolute atomic E-state index is 12.6. The Kier molecular flexibility index (Phi) is 6.64. The van der Waals surface area contributed by atoms with Crippen LogP contribution in [0.5, 0.6) is 0 Å². The number of halogens is 3. The molecule has 0 saturated heterocycles. The summed E-state index contributed by atoms with van der Waals surface area (Å²) in [5.41, 5.74) is 0.295. The summed E-state index contributed by atoms with van der Waals surface area (Å²) in [7, 11) is 0. The number of urea groups is 1. The largest absolute Gasteiger partial charge is 0.391 e. The third-order valence-electron chi connectivity index (χ3n) is 4.35. The number of anilines is 1. The quantitative estimate of drug-likeness (QED) is 0.404. The summed E-state index contributed by atoms with van der Waals surface area (Å²) in [5, 5.41) is 19.0. The van der Waals surface area contributed by atoms with Crippen LogP contribution in [-0.2, 0) is 0 Å². The van der Waals surface area contributed by atoms with E-state index in [4.69, 9.17) is 0 Å². The second-order valence-electron chi connectivity index (χ2n) is 6.19. The van der Waals surface area contributed by atoms with Crippen molar-refractivity contribution < 1.29 is 22.9 Å². The van der Waals surface area contributed by atoms with Crippen molar-refractivity contribution in [2.24, 2.45) is 5.92 Å². The number of carbonyl (C=O) groups excluding carboxylic acids is 1. The van der Waals surface area contributed by atoms with Crippen molar-refractivity contribution in [1.29, 1.82) is 0 Å². The molecule has 3 N–H and O–H groups in total. The first kappa shape index (κ1) is 19.8. The molecule has 10 heteroatoms. The molecule has 1 aromatic rings. The van der Waals surface area contributed by atoms with Crippen molar-refractivity contribution in [3.63, 3.8) is 0 Å². The first-order valence-electron chi connectivity index (χ1n) is 8.35. The lowest BCUT2D eigenvalue weighted by atomic mass is 9.86. The Balaban J connectivity index is 1.67. The van der Waals surface area contributed by atoms with Crippen LogP contribution in [0.25, 0.3) is 0 Å². The zero-order valence-electron chi connectivity index (χ0n) is 14.0. The predicted octanol–water partition coefficient (Wildman–Crippen LogP) is 3.43. The Morgan fingerprint density at radius 1 is 1.15 bits per heavy atom. The van der Waals surface area contributed by atoms with Gasteiger partial charge in [0, 0.05) is 25.2 Å². The van der Waals surface area contributed by atoms with E-state index in [1.54, 1.807) is 18.2 Å². The van der Waals surface area contributed by atoms with E-state index < -0.39 is 23.0 Å². The Morgan fingerprint density at radius 2 is 1.81 bits per heavy atom. The standard InChI is InChI=1S/C16H21F3N4O3/c17-16(18,19)11-5-7-12(8-6-11)22-15(24)21-10-9-20-13-3-1-2-4-14(13)23(25)26/h1-4,11-12,20H,5-10H2,(H2,21,22,24). The van der Waals surface area contributed by atoms with Crippen molar-refractivity contribution in [3.05, 3.63) is 34.4 Å². The molecule has 1 aromatic carbocycles. The number of alkyl halides is 3. The van der Waals surface area contributed by atoms with E-state index in [1.165, 1.54) is 6.07 Å². The van der Waals surface area contributed by atoms with Gasteiger partial charge in [0.25, 0.3) is 5.69 Å². The van der Waals surface area contributed by atoms with E-state index >= 15 is 0 Å². The van der Waals surface area contributed by atoms with Crippen LogP contribution >= 0.6 is 0 Å². The van der Waals surface area contributed by atoms with E-state index in [2.05, 4.69) is 16.0 Å². The van der Waals surface area contributed by atoms with Crippen LogP contribution in [0, 0.1) is 16.0 Å². The fraction of sp³-hybridized carbons (Fsp3) is 0.562. The Hall–Kier alpha value is -2.52. The SMILES string of the molecule is O=C(NCCNc1ccccc1[N+](=O)[O-])NC1CCC(C(F)(F)F)CC1. The number of nitro groups is 1. The molecule has 144 valence electrons. The highest BCUT2D eigenvalue weighted by molar-refractivity contribution is 5.74. The highest BCUT2D eigenvalue weighted by Crippen LogP contribution is 2.37. The van der Waals surface area contributed by atoms with E-state index in [9.17, 15) is 28.1 Å². The van der Waals surface area contributed by atoms with Gasteiger partial charge in [-0.2, -0.15) is 13.2 Å². The molecule has 1 aliphatic carbocycles. The van der Waals surface area contributed by atoms with Crippen LogP contribution in [0.4, 0.5) is 29.3 Å². The van der Waals surface area contributed by atoms with Gasteiger partial charge >= 0.3 is 12.2 Å². The highest BCUT2D eigenvalue weighted by Gasteiger charge is 2.41. The zero-order chi connectivity index (χ0) is 19.2. The number of rotatable bonds is 6. The number of nitrogens with zero attached hydrogens (tertiary/aromatic N) is 1. The fourth-order valence-corrected chi connectivity index (χ4v) is 2.96. The molecule has 0 spiro atoms. The molecule has 0 unspecified atom stereocenters. The maximum atomic E-state index is 12.6. The van der Waals surface area contributed by atoms with Crippen molar-refractivity contribution >= 4 is 17.4 Å². The first-order chi connectivity index (χ1) is 12.3. The summed E-state index contributed by atoms with van der Waals surface area (Å²) in [6.07, 6.45) is -3.53. The van der Waals surface area contributed by atoms with Gasteiger partial charge < -0.3 is 16.0 Å². The van der Waals surface area contributed by atoms with Crippen molar-refractivity contribution in [2.75, 3.05) is 18.4 Å². The first-order valence-corrected chi connectivity index (χ1v) is 8.35. The van der Waals surface area contributed by atoms with Crippen LogP contribution in [0.15, 0.2) is 24.3 Å². The third kappa shape index (κ3) is 5.78. The topological polar surface area (TPSA) is 96.3 Å². The summed E-state index contributed by atoms with van der Waals surface area (Å²) >= 11 is 0. The molecule has 0 radical (unpaired) electrons. The van der Waals surface area contributed by atoms with Crippen molar-refractivity contribution in [3.8, 4) is 0 Å². The van der Waals surface area contributed by atoms with E-state index in [1.807, 2.05) is 0 Å². The van der Waals surface area contributed by atoms with Gasteiger partial charge in [-0.15, -0.1) is 0 Å². The zero-order valence-corrected chi connectivity index (χ0v) is 14.0. The van der Waals surface area contributed by atoms with Crippen molar-refractivity contribution in [1.82, 2.24) is 10.6 Å². The smallest absolute Gasteiger partial charge is 0.378 e. The molecule has 1 fully saturated rings. The number of benzene rings is 1. The number of hydrogen-bond donors (Lipinski definition) is 3. The summed E-state index contributed by atoms with van der Waals surface area (Å²) in [6, 6.07) is 5.44. The molecule has 0 aliphatic heterocycles. The molecule has 2 amide bonds. The lowest BCUT2D eigenvalue weighted by molar-refractivity contribution is -0.384. The van der Waals surface area contributed by atoms with Gasteiger partial charge in [-0.3, -0.25) is 10.1 Å². The summed E-state index contributed by atoms with van der Waals surface area (Å²) < 4.78 is 37.8. The van der Waals surface area contributed by atoms with E-state index in [-0.39, 0.29) is 37.7 Å². The molecule has 0 atom stereocenters. The lowest BCUT2D eigenvalue weighted by Crippen LogP contribution is -2.45. The molecule has 0 aromatic heterocycles. The highest BCUT2D eigenvalue weighted by atomic mass is 19.4. The number of carbonyl (C=O) groups is 1. The number of nitrogens with one attached hydrogen (secondary N) is 3. The molecular weight excluding hydrogens is 353 g/mol. The van der Waals surface area contributed by atoms with Gasteiger partial charge in [0.15, 0.2) is 0 Å². The van der Waals surface area contributed by atoms with E-state index in [0.717, 1.165) is 0 Å². The minimum absolute atomic E-state index is 0.0215. The molecule has 0 bridgehead atoms. The maximum Gasteiger partial charge on any atom is 0.391 e. The molecule has 1 saturated carbocycles. The molecule has 1 aliphatic rings. The normalized spacial score (nSPS) is 20.3. The number of para-hydroxylation sites is 2. The van der Waals surface area contributed by atoms with Gasteiger partial charge in [-0.25, -0.2) is 4.79 Å². The molecule has 0 heterocycles. The Bertz CT molecular complexity index is 631. The van der Waals surface area contributed by atoms with Gasteiger partial charge in [0.1, 0.15) is 5.69 Å². The Morgan fingerprint density at radius 3 is 2.42 bits per heavy atom. The van der Waals surface area contributed by atoms with Crippen LogP contribution in [0.1, 0.15) is 25.7 Å². The Labute approximate surface area is 148 Å². The molecule has 7 nitrogen and oxygen atoms in total. The second kappa shape index (κ2) is 8.72. The van der Waals surface area contributed by atoms with Crippen LogP contribution < -0.4 is 16.0 Å². The predicted molar refractivity (Wildman–Crippen MR) is 89.9 cm³/mol. The number of amides is 2. The van der Waals surface area contributed by atoms with Crippen LogP contribution in [-0.4, -0.2) is 36.3 Å². The lowest BCUT2D eigenvalue weighted by Gasteiger charge is -2.30. The molecule has 26 heavy (non-hydrogen) atoms. The molecule has 2 rings (SSSR count). The minimum Gasteiger partial charge on any atom is -0.378 e. The van der Waals surface area contributed by atoms with Crippen LogP contribution in [0.2, 0.25) is 0 Å². The van der Waals surface area contributed by atoms with Crippen LogP contribution in [0.3, 0.4) is 0 Å². The van der Waals surface area contributed by atoms with Gasteiger partial charge in [0.05, 0.1) is 10.8 Å². The number of hydrogen-bond acceptors (Lipinski definition) is 4. The summed E-state index contributed by atoms with van der Waals surface area (Å²) in [4.78, 5) is 22.2. The monoisotopic (exact) mass is 374 g/mol. The average molecular weight is 374 g/mol. The third-order valence-corrected chi connectivity index (χ3v) is 4.35. The van der Waals surface area contributed by atoms with Gasteiger partial charge in [0.2, 0.25) is 0 Å². The second-order valence-corrected chi connectivity index (χ2v) is 6.19. The summed E-state index contributed by atoms with van der Waals surface area (Å²) in [5.74, 6) is -1.28. The minimum atomic E-state index is -4.17. The van der Waals surface area contributed by atoms with Crippen molar-refractivity contribution in [2.45, 2.75) is 37.9 Å².